The maximum absolute atomic E-state index is 12.2. The van der Waals surface area contributed by atoms with Crippen LogP contribution in [0, 0.1) is 24.0 Å². The van der Waals surface area contributed by atoms with Crippen LogP contribution in [0.4, 0.5) is 11.4 Å². The molecule has 122 valence electrons. The van der Waals surface area contributed by atoms with E-state index in [-0.39, 0.29) is 23.8 Å². The molecule has 23 heavy (non-hydrogen) atoms. The van der Waals surface area contributed by atoms with Crippen LogP contribution in [0.15, 0.2) is 29.6 Å². The molecule has 7 heteroatoms. The third-order valence-corrected chi connectivity index (χ3v) is 4.51. The number of nitro groups is 1. The number of rotatable bonds is 6. The number of anilines is 1. The highest BCUT2D eigenvalue weighted by atomic mass is 32.1. The van der Waals surface area contributed by atoms with Gasteiger partial charge in [0.05, 0.1) is 11.5 Å². The average molecular weight is 333 g/mol. The zero-order valence-electron chi connectivity index (χ0n) is 13.3. The maximum Gasteiger partial charge on any atom is 0.293 e. The van der Waals surface area contributed by atoms with Gasteiger partial charge >= 0.3 is 0 Å². The Hall–Kier alpha value is -2.25. The van der Waals surface area contributed by atoms with Crippen molar-refractivity contribution in [1.82, 2.24) is 4.90 Å². The summed E-state index contributed by atoms with van der Waals surface area (Å²) < 4.78 is 0. The number of aryl methyl sites for hydroxylation is 2. The van der Waals surface area contributed by atoms with Gasteiger partial charge in [-0.05, 0) is 43.5 Å². The molecule has 0 unspecified atom stereocenters. The van der Waals surface area contributed by atoms with Gasteiger partial charge in [-0.3, -0.25) is 19.8 Å². The number of hydrogen-bond acceptors (Lipinski definition) is 5. The monoisotopic (exact) mass is 333 g/mol. The van der Waals surface area contributed by atoms with Gasteiger partial charge in [-0.25, -0.2) is 0 Å². The minimum absolute atomic E-state index is 0.0879. The zero-order chi connectivity index (χ0) is 17.0. The molecule has 0 radical (unpaired) electrons. The highest BCUT2D eigenvalue weighted by molar-refractivity contribution is 7.10. The third-order valence-electron chi connectivity index (χ3n) is 3.51. The van der Waals surface area contributed by atoms with Crippen LogP contribution in [0.2, 0.25) is 0 Å². The molecule has 0 fully saturated rings. The Bertz CT molecular complexity index is 727. The summed E-state index contributed by atoms with van der Waals surface area (Å²) in [5.74, 6) is -0.265. The molecule has 1 N–H and O–H groups in total. The summed E-state index contributed by atoms with van der Waals surface area (Å²) >= 11 is 1.66. The van der Waals surface area contributed by atoms with Crippen molar-refractivity contribution in [3.63, 3.8) is 0 Å². The van der Waals surface area contributed by atoms with E-state index in [1.807, 2.05) is 30.3 Å². The Morgan fingerprint density at radius 2 is 2.04 bits per heavy atom. The van der Waals surface area contributed by atoms with Gasteiger partial charge in [0.1, 0.15) is 5.69 Å². The predicted octanol–water partition coefficient (Wildman–Crippen LogP) is 3.34. The van der Waals surface area contributed by atoms with Crippen molar-refractivity contribution in [2.45, 2.75) is 20.4 Å². The lowest BCUT2D eigenvalue weighted by atomic mass is 10.1. The van der Waals surface area contributed by atoms with Crippen LogP contribution in [0.25, 0.3) is 0 Å². The topological polar surface area (TPSA) is 75.5 Å². The van der Waals surface area contributed by atoms with Gasteiger partial charge in [-0.2, -0.15) is 0 Å². The lowest BCUT2D eigenvalue weighted by Gasteiger charge is -2.16. The summed E-state index contributed by atoms with van der Waals surface area (Å²) in [5.41, 5.74) is 2.06. The number of thiophene rings is 1. The number of amides is 1. The molecule has 6 nitrogen and oxygen atoms in total. The highest BCUT2D eigenvalue weighted by Crippen LogP contribution is 2.27. The van der Waals surface area contributed by atoms with Gasteiger partial charge in [0.15, 0.2) is 0 Å². The summed E-state index contributed by atoms with van der Waals surface area (Å²) in [6.07, 6.45) is 0. The minimum Gasteiger partial charge on any atom is -0.319 e. The van der Waals surface area contributed by atoms with Crippen molar-refractivity contribution >= 4 is 28.6 Å². The van der Waals surface area contributed by atoms with Crippen molar-refractivity contribution in [3.8, 4) is 0 Å². The van der Waals surface area contributed by atoms with Gasteiger partial charge in [-0.1, -0.05) is 12.1 Å². The molecule has 2 aromatic rings. The highest BCUT2D eigenvalue weighted by Gasteiger charge is 2.18. The number of hydrogen-bond donors (Lipinski definition) is 1. The largest absolute Gasteiger partial charge is 0.319 e. The average Bonchev–Trinajstić information content (AvgIpc) is 2.86. The molecule has 0 saturated carbocycles. The van der Waals surface area contributed by atoms with Crippen molar-refractivity contribution < 1.29 is 9.72 Å². The second kappa shape index (κ2) is 7.34. The maximum atomic E-state index is 12.2. The lowest BCUT2D eigenvalue weighted by molar-refractivity contribution is -0.384. The van der Waals surface area contributed by atoms with Crippen molar-refractivity contribution in [1.29, 1.82) is 0 Å². The fourth-order valence-corrected chi connectivity index (χ4v) is 3.24. The van der Waals surface area contributed by atoms with E-state index >= 15 is 0 Å². The summed E-state index contributed by atoms with van der Waals surface area (Å²) in [4.78, 5) is 25.9. The number of carbonyl (C=O) groups excluding carboxylic acids is 1. The van der Waals surface area contributed by atoms with Crippen LogP contribution in [-0.4, -0.2) is 29.3 Å². The summed E-state index contributed by atoms with van der Waals surface area (Å²) in [5, 5.41) is 15.8. The Kier molecular flexibility index (Phi) is 5.46. The van der Waals surface area contributed by atoms with E-state index in [4.69, 9.17) is 0 Å². The Balaban J connectivity index is 2.03. The van der Waals surface area contributed by atoms with Crippen LogP contribution in [-0.2, 0) is 11.3 Å². The first-order chi connectivity index (χ1) is 10.9. The number of nitro benzene ring substituents is 1. The summed E-state index contributed by atoms with van der Waals surface area (Å²) in [7, 11) is 1.85. The first-order valence-corrected chi connectivity index (χ1v) is 8.02. The van der Waals surface area contributed by atoms with E-state index < -0.39 is 4.92 Å². The van der Waals surface area contributed by atoms with Gasteiger partial charge < -0.3 is 5.32 Å². The van der Waals surface area contributed by atoms with E-state index in [2.05, 4.69) is 5.32 Å². The lowest BCUT2D eigenvalue weighted by Crippen LogP contribution is -2.30. The molecule has 0 atom stereocenters. The molecule has 1 heterocycles. The first-order valence-electron chi connectivity index (χ1n) is 7.14. The van der Waals surface area contributed by atoms with Crippen LogP contribution in [0.3, 0.4) is 0 Å². The van der Waals surface area contributed by atoms with Crippen LogP contribution in [0.1, 0.15) is 16.0 Å². The standard InChI is InChI=1S/C16H19N3O3S/c1-11-7-8-23-14(11)9-18(3)10-15(20)17-16-12(2)5-4-6-13(16)19(21)22/h4-8H,9-10H2,1-3H3,(H,17,20). The molecule has 0 aliphatic rings. The number of nitrogens with zero attached hydrogens (tertiary/aromatic N) is 2. The molecule has 0 aliphatic carbocycles. The van der Waals surface area contributed by atoms with Crippen molar-refractivity contribution in [3.05, 3.63) is 55.8 Å². The number of likely N-dealkylation sites (N-methyl/N-ethyl adjacent to an activating group) is 1. The van der Waals surface area contributed by atoms with Crippen LogP contribution < -0.4 is 5.32 Å². The molecule has 0 spiro atoms. The van der Waals surface area contributed by atoms with Crippen molar-refractivity contribution in [2.75, 3.05) is 18.9 Å². The minimum atomic E-state index is -0.485. The molecule has 0 aliphatic heterocycles. The Morgan fingerprint density at radius 1 is 1.30 bits per heavy atom. The molecule has 0 saturated heterocycles. The molecule has 1 aromatic carbocycles. The Labute approximate surface area is 138 Å². The molecule has 1 amide bonds. The SMILES string of the molecule is Cc1ccsc1CN(C)CC(=O)Nc1c(C)cccc1[N+](=O)[O-]. The van der Waals surface area contributed by atoms with E-state index in [0.717, 1.165) is 0 Å². The van der Waals surface area contributed by atoms with Gasteiger partial charge in [0, 0.05) is 17.5 Å². The number of carbonyl (C=O) groups is 1. The van der Waals surface area contributed by atoms with E-state index in [1.54, 1.807) is 30.4 Å². The number of nitrogens with one attached hydrogen (secondary N) is 1. The second-order valence-corrected chi connectivity index (χ2v) is 6.47. The second-order valence-electron chi connectivity index (χ2n) is 5.47. The fraction of sp³-hybridized carbons (Fsp3) is 0.312. The predicted molar refractivity (Wildman–Crippen MR) is 91.9 cm³/mol. The Morgan fingerprint density at radius 3 is 2.65 bits per heavy atom. The van der Waals surface area contributed by atoms with Crippen molar-refractivity contribution in [2.24, 2.45) is 0 Å². The van der Waals surface area contributed by atoms with Gasteiger partial charge in [-0.15, -0.1) is 11.3 Å². The summed E-state index contributed by atoms with van der Waals surface area (Å²) in [6, 6.07) is 6.78. The molecule has 0 bridgehead atoms. The number of benzene rings is 1. The van der Waals surface area contributed by atoms with E-state index in [1.165, 1.54) is 16.5 Å². The first kappa shape index (κ1) is 17.1. The van der Waals surface area contributed by atoms with E-state index in [0.29, 0.717) is 12.1 Å². The zero-order valence-corrected chi connectivity index (χ0v) is 14.1. The normalized spacial score (nSPS) is 10.8. The molecule has 2 rings (SSSR count). The number of para-hydroxylation sites is 1. The third kappa shape index (κ3) is 4.37. The molecule has 1 aromatic heterocycles. The van der Waals surface area contributed by atoms with Gasteiger partial charge in [0.25, 0.3) is 5.69 Å². The molecular weight excluding hydrogens is 314 g/mol. The van der Waals surface area contributed by atoms with Crippen LogP contribution >= 0.6 is 11.3 Å². The fourth-order valence-electron chi connectivity index (χ4n) is 2.26. The smallest absolute Gasteiger partial charge is 0.293 e. The summed E-state index contributed by atoms with van der Waals surface area (Å²) in [6.45, 7) is 4.62. The van der Waals surface area contributed by atoms with E-state index in [9.17, 15) is 14.9 Å². The molecular formula is C16H19N3O3S. The van der Waals surface area contributed by atoms with Crippen LogP contribution in [0.5, 0.6) is 0 Å². The van der Waals surface area contributed by atoms with Gasteiger partial charge in [0.2, 0.25) is 5.91 Å². The quantitative estimate of drug-likeness (QED) is 0.650.